The largest absolute Gasteiger partial charge is 0.507 e. The van der Waals surface area contributed by atoms with Gasteiger partial charge in [-0.25, -0.2) is 9.37 Å². The third-order valence-corrected chi connectivity index (χ3v) is 5.35. The van der Waals surface area contributed by atoms with Gasteiger partial charge in [0.1, 0.15) is 11.6 Å². The van der Waals surface area contributed by atoms with Crippen LogP contribution < -0.4 is 4.90 Å². The minimum atomic E-state index is -0.895. The van der Waals surface area contributed by atoms with Gasteiger partial charge in [0.05, 0.1) is 11.6 Å². The number of carbonyl (C=O) groups is 2. The zero-order chi connectivity index (χ0) is 19.8. The van der Waals surface area contributed by atoms with E-state index in [1.165, 1.54) is 46.7 Å². The predicted octanol–water partition coefficient (Wildman–Crippen LogP) is 4.22. The van der Waals surface area contributed by atoms with Crippen LogP contribution >= 0.6 is 11.3 Å². The quantitative estimate of drug-likeness (QED) is 0.410. The Balaban J connectivity index is 1.93. The first kappa shape index (κ1) is 18.1. The summed E-state index contributed by atoms with van der Waals surface area (Å²) in [5.74, 6) is -2.29. The number of rotatable bonds is 3. The summed E-state index contributed by atoms with van der Waals surface area (Å²) in [6.45, 7) is 1.91. The zero-order valence-electron chi connectivity index (χ0n) is 14.8. The minimum Gasteiger partial charge on any atom is -0.507 e. The van der Waals surface area contributed by atoms with E-state index in [0.29, 0.717) is 16.3 Å². The number of aromatic nitrogens is 1. The highest BCUT2D eigenvalue weighted by atomic mass is 32.1. The maximum Gasteiger partial charge on any atom is 0.301 e. The molecule has 0 aliphatic carbocycles. The van der Waals surface area contributed by atoms with Crippen molar-refractivity contribution in [3.8, 4) is 0 Å². The number of hydrogen-bond donors (Lipinski definition) is 1. The highest BCUT2D eigenvalue weighted by Gasteiger charge is 2.47. The summed E-state index contributed by atoms with van der Waals surface area (Å²) < 4.78 is 13.4. The molecule has 0 spiro atoms. The van der Waals surface area contributed by atoms with Crippen LogP contribution in [0.5, 0.6) is 0 Å². The van der Waals surface area contributed by atoms with E-state index in [1.807, 2.05) is 6.92 Å². The first-order chi connectivity index (χ1) is 13.5. The maximum absolute atomic E-state index is 13.4. The Morgan fingerprint density at radius 2 is 1.79 bits per heavy atom. The molecular formula is C21H15FN2O3S. The van der Waals surface area contributed by atoms with E-state index >= 15 is 0 Å². The summed E-state index contributed by atoms with van der Waals surface area (Å²) in [6.07, 6.45) is 1.53. The summed E-state index contributed by atoms with van der Waals surface area (Å²) in [6, 6.07) is 11.6. The Bertz CT molecular complexity index is 1070. The van der Waals surface area contributed by atoms with Gasteiger partial charge in [-0.2, -0.15) is 0 Å². The SMILES string of the molecule is Cc1ccc(/C(O)=C2\C(=O)C(=O)N(c3nccs3)[C@@H]2c2ccc(F)cc2)cc1. The first-order valence-electron chi connectivity index (χ1n) is 8.50. The van der Waals surface area contributed by atoms with E-state index in [4.69, 9.17) is 0 Å². The van der Waals surface area contributed by atoms with Gasteiger partial charge >= 0.3 is 5.91 Å². The number of Topliss-reactive ketones (excluding diaryl/α,β-unsaturated/α-hetero) is 1. The summed E-state index contributed by atoms with van der Waals surface area (Å²) in [4.78, 5) is 31.0. The van der Waals surface area contributed by atoms with Gasteiger partial charge in [0.15, 0.2) is 5.13 Å². The third-order valence-electron chi connectivity index (χ3n) is 4.58. The lowest BCUT2D eigenvalue weighted by atomic mass is 9.95. The van der Waals surface area contributed by atoms with Gasteiger partial charge in [-0.3, -0.25) is 14.5 Å². The summed E-state index contributed by atoms with van der Waals surface area (Å²) in [7, 11) is 0. The molecule has 0 saturated carbocycles. The van der Waals surface area contributed by atoms with Crippen molar-refractivity contribution in [3.63, 3.8) is 0 Å². The van der Waals surface area contributed by atoms with E-state index in [1.54, 1.807) is 29.6 Å². The second-order valence-electron chi connectivity index (χ2n) is 6.40. The lowest BCUT2D eigenvalue weighted by molar-refractivity contribution is -0.132. The molecule has 1 aromatic heterocycles. The summed E-state index contributed by atoms with van der Waals surface area (Å²) >= 11 is 1.20. The number of anilines is 1. The molecule has 0 radical (unpaired) electrons. The van der Waals surface area contributed by atoms with Crippen molar-refractivity contribution in [1.82, 2.24) is 4.98 Å². The highest BCUT2D eigenvalue weighted by Crippen LogP contribution is 2.42. The topological polar surface area (TPSA) is 70.5 Å². The summed E-state index contributed by atoms with van der Waals surface area (Å²) in [5.41, 5.74) is 1.88. The normalized spacial score (nSPS) is 18.6. The van der Waals surface area contributed by atoms with Crippen LogP contribution in [0.1, 0.15) is 22.7 Å². The molecule has 1 N–H and O–H groups in total. The average Bonchev–Trinajstić information content (AvgIpc) is 3.30. The standard InChI is InChI=1S/C21H15FN2O3S/c1-12-2-4-14(5-3-12)18(25)16-17(13-6-8-15(22)9-7-13)24(20(27)19(16)26)21-23-10-11-28-21/h2-11,17,25H,1H3/b18-16+/t17-/m1/s1. The predicted molar refractivity (Wildman–Crippen MR) is 104 cm³/mol. The number of amides is 1. The van der Waals surface area contributed by atoms with Crippen molar-refractivity contribution in [2.75, 3.05) is 4.90 Å². The number of nitrogens with zero attached hydrogens (tertiary/aromatic N) is 2. The van der Waals surface area contributed by atoms with Crippen LogP contribution in [0.25, 0.3) is 5.76 Å². The molecule has 1 aliphatic rings. The maximum atomic E-state index is 13.4. The second-order valence-corrected chi connectivity index (χ2v) is 7.27. The number of carbonyl (C=O) groups excluding carboxylic acids is 2. The number of hydrogen-bond acceptors (Lipinski definition) is 5. The lowest BCUT2D eigenvalue weighted by Crippen LogP contribution is -2.29. The number of aliphatic hydroxyl groups excluding tert-OH is 1. The fraction of sp³-hybridized carbons (Fsp3) is 0.0952. The van der Waals surface area contributed by atoms with Crippen LogP contribution in [0, 0.1) is 12.7 Å². The molecule has 2 heterocycles. The molecule has 0 bridgehead atoms. The van der Waals surface area contributed by atoms with Crippen LogP contribution in [0.4, 0.5) is 9.52 Å². The molecule has 7 heteroatoms. The van der Waals surface area contributed by atoms with Crippen LogP contribution in [-0.2, 0) is 9.59 Å². The van der Waals surface area contributed by atoms with Gasteiger partial charge in [0.2, 0.25) is 0 Å². The van der Waals surface area contributed by atoms with Crippen LogP contribution in [0.2, 0.25) is 0 Å². The van der Waals surface area contributed by atoms with Crippen LogP contribution in [0.3, 0.4) is 0 Å². The zero-order valence-corrected chi connectivity index (χ0v) is 15.6. The van der Waals surface area contributed by atoms with E-state index in [-0.39, 0.29) is 11.3 Å². The molecule has 0 unspecified atom stereocenters. The Kier molecular flexibility index (Phi) is 4.52. The monoisotopic (exact) mass is 394 g/mol. The van der Waals surface area contributed by atoms with E-state index < -0.39 is 23.5 Å². The van der Waals surface area contributed by atoms with E-state index in [9.17, 15) is 19.1 Å². The molecule has 1 fully saturated rings. The van der Waals surface area contributed by atoms with Gasteiger partial charge in [-0.1, -0.05) is 42.0 Å². The molecule has 5 nitrogen and oxygen atoms in total. The summed E-state index contributed by atoms with van der Waals surface area (Å²) in [5, 5.41) is 12.9. The number of ketones is 1. The van der Waals surface area contributed by atoms with Crippen molar-refractivity contribution in [3.05, 3.63) is 88.2 Å². The smallest absolute Gasteiger partial charge is 0.301 e. The van der Waals surface area contributed by atoms with Gasteiger partial charge in [-0.15, -0.1) is 11.3 Å². The lowest BCUT2D eigenvalue weighted by Gasteiger charge is -2.22. The third kappa shape index (κ3) is 2.99. The van der Waals surface area contributed by atoms with Gasteiger partial charge in [0.25, 0.3) is 5.78 Å². The highest BCUT2D eigenvalue weighted by molar-refractivity contribution is 7.14. The Labute approximate surface area is 164 Å². The van der Waals surface area contributed by atoms with E-state index in [0.717, 1.165) is 5.56 Å². The Morgan fingerprint density at radius 1 is 1.11 bits per heavy atom. The van der Waals surface area contributed by atoms with Crippen molar-refractivity contribution in [2.24, 2.45) is 0 Å². The van der Waals surface area contributed by atoms with Gasteiger partial charge in [-0.05, 0) is 24.6 Å². The molecule has 1 aliphatic heterocycles. The van der Waals surface area contributed by atoms with Crippen molar-refractivity contribution < 1.29 is 19.1 Å². The van der Waals surface area contributed by atoms with Gasteiger partial charge < -0.3 is 5.11 Å². The molecule has 1 atom stereocenters. The number of benzene rings is 2. The molecule has 140 valence electrons. The van der Waals surface area contributed by atoms with E-state index in [2.05, 4.69) is 4.98 Å². The molecule has 2 aromatic carbocycles. The van der Waals surface area contributed by atoms with Crippen molar-refractivity contribution >= 4 is 33.9 Å². The van der Waals surface area contributed by atoms with Crippen LogP contribution in [0.15, 0.2) is 65.7 Å². The molecule has 3 aromatic rings. The second kappa shape index (κ2) is 7.01. The number of halogens is 1. The molecule has 4 rings (SSSR count). The van der Waals surface area contributed by atoms with Gasteiger partial charge in [0, 0.05) is 17.1 Å². The van der Waals surface area contributed by atoms with Crippen molar-refractivity contribution in [2.45, 2.75) is 13.0 Å². The Morgan fingerprint density at radius 3 is 2.39 bits per heavy atom. The molecule has 28 heavy (non-hydrogen) atoms. The first-order valence-corrected chi connectivity index (χ1v) is 9.38. The molecular weight excluding hydrogens is 379 g/mol. The molecule has 1 saturated heterocycles. The minimum absolute atomic E-state index is 0.0457. The average molecular weight is 394 g/mol. The number of aliphatic hydroxyl groups is 1. The van der Waals surface area contributed by atoms with Crippen molar-refractivity contribution in [1.29, 1.82) is 0 Å². The fourth-order valence-electron chi connectivity index (χ4n) is 3.19. The van der Waals surface area contributed by atoms with Crippen LogP contribution in [-0.4, -0.2) is 21.8 Å². The number of thiazole rings is 1. The fourth-order valence-corrected chi connectivity index (χ4v) is 3.86. The number of aryl methyl sites for hydroxylation is 1. The Hall–Kier alpha value is -3.32. The molecule has 1 amide bonds.